The Labute approximate surface area is 156 Å². The highest BCUT2D eigenvalue weighted by Crippen LogP contribution is 2.41. The first-order valence-corrected chi connectivity index (χ1v) is 8.47. The van der Waals surface area contributed by atoms with Crippen LogP contribution in [-0.4, -0.2) is 30.5 Å². The molecule has 26 heavy (non-hydrogen) atoms. The fourth-order valence-electron chi connectivity index (χ4n) is 3.06. The minimum absolute atomic E-state index is 0.0309. The van der Waals surface area contributed by atoms with E-state index in [2.05, 4.69) is 0 Å². The van der Waals surface area contributed by atoms with Gasteiger partial charge in [0.15, 0.2) is 5.94 Å². The van der Waals surface area contributed by atoms with Crippen LogP contribution < -0.4 is 9.80 Å². The maximum atomic E-state index is 13.2. The second-order valence-electron chi connectivity index (χ2n) is 5.75. The molecule has 6 heteroatoms. The van der Waals surface area contributed by atoms with E-state index in [9.17, 15) is 14.7 Å². The molecule has 0 atom stereocenters. The second kappa shape index (κ2) is 7.08. The van der Waals surface area contributed by atoms with Gasteiger partial charge < -0.3 is 14.9 Å². The fraction of sp³-hybridized carbons (Fsp3) is 0.150. The summed E-state index contributed by atoms with van der Waals surface area (Å²) in [6.07, 6.45) is 0. The van der Waals surface area contributed by atoms with Crippen LogP contribution in [0.1, 0.15) is 12.5 Å². The van der Waals surface area contributed by atoms with Gasteiger partial charge in [0.25, 0.3) is 5.91 Å². The zero-order chi connectivity index (χ0) is 18.8. The lowest BCUT2D eigenvalue weighted by Crippen LogP contribution is -2.37. The van der Waals surface area contributed by atoms with E-state index in [1.807, 2.05) is 25.1 Å². The van der Waals surface area contributed by atoms with Gasteiger partial charge in [0, 0.05) is 19.3 Å². The van der Waals surface area contributed by atoms with Crippen molar-refractivity contribution in [3.05, 3.63) is 70.4 Å². The van der Waals surface area contributed by atoms with Crippen LogP contribution in [0.25, 0.3) is 5.76 Å². The van der Waals surface area contributed by atoms with Gasteiger partial charge in [0.05, 0.1) is 16.3 Å². The minimum Gasteiger partial charge on any atom is -0.506 e. The van der Waals surface area contributed by atoms with Crippen molar-refractivity contribution < 1.29 is 14.7 Å². The van der Waals surface area contributed by atoms with Crippen LogP contribution in [0.3, 0.4) is 0 Å². The SMILES string of the molecule is CCN(C(=O)C1=C(O)c2c(Cl)cccc2N(C)C1=C=O)c1ccccc1. The van der Waals surface area contributed by atoms with Crippen molar-refractivity contribution in [1.29, 1.82) is 0 Å². The molecule has 1 amide bonds. The number of benzene rings is 2. The average molecular weight is 369 g/mol. The number of aliphatic hydroxyl groups excluding tert-OH is 1. The van der Waals surface area contributed by atoms with Gasteiger partial charge in [-0.15, -0.1) is 0 Å². The summed E-state index contributed by atoms with van der Waals surface area (Å²) < 4.78 is 0. The lowest BCUT2D eigenvalue weighted by molar-refractivity contribution is -0.114. The molecule has 3 rings (SSSR count). The van der Waals surface area contributed by atoms with Crippen molar-refractivity contribution in [2.24, 2.45) is 0 Å². The van der Waals surface area contributed by atoms with E-state index in [4.69, 9.17) is 11.6 Å². The van der Waals surface area contributed by atoms with Crippen LogP contribution in [0.4, 0.5) is 11.4 Å². The number of rotatable bonds is 3. The predicted octanol–water partition coefficient (Wildman–Crippen LogP) is 3.83. The van der Waals surface area contributed by atoms with E-state index < -0.39 is 5.91 Å². The molecule has 0 fully saturated rings. The summed E-state index contributed by atoms with van der Waals surface area (Å²) in [4.78, 5) is 27.8. The quantitative estimate of drug-likeness (QED) is 0.836. The Morgan fingerprint density at radius 1 is 1.19 bits per heavy atom. The molecular weight excluding hydrogens is 352 g/mol. The molecule has 1 heterocycles. The Balaban J connectivity index is 2.21. The average Bonchev–Trinajstić information content (AvgIpc) is 2.65. The summed E-state index contributed by atoms with van der Waals surface area (Å²) in [7, 11) is 1.63. The molecule has 1 aliphatic rings. The number of aliphatic hydroxyl groups is 1. The summed E-state index contributed by atoms with van der Waals surface area (Å²) in [6.45, 7) is 2.19. The largest absolute Gasteiger partial charge is 0.506 e. The van der Waals surface area contributed by atoms with Crippen LogP contribution in [-0.2, 0) is 9.59 Å². The molecule has 0 spiro atoms. The molecule has 0 saturated carbocycles. The van der Waals surface area contributed by atoms with Crippen molar-refractivity contribution >= 4 is 40.6 Å². The lowest BCUT2D eigenvalue weighted by atomic mass is 9.97. The normalized spacial score (nSPS) is 13.3. The monoisotopic (exact) mass is 368 g/mol. The molecule has 0 radical (unpaired) electrons. The number of carbonyl (C=O) groups is 1. The number of likely N-dealkylation sites (N-methyl/N-ethyl adjacent to an activating group) is 2. The van der Waals surface area contributed by atoms with Gasteiger partial charge in [-0.2, -0.15) is 0 Å². The fourth-order valence-corrected chi connectivity index (χ4v) is 3.32. The van der Waals surface area contributed by atoms with E-state index >= 15 is 0 Å². The molecule has 0 bridgehead atoms. The number of amides is 1. The molecule has 2 aromatic rings. The third-order valence-electron chi connectivity index (χ3n) is 4.34. The number of anilines is 2. The molecule has 1 N–H and O–H groups in total. The smallest absolute Gasteiger partial charge is 0.264 e. The lowest BCUT2D eigenvalue weighted by Gasteiger charge is -2.32. The van der Waals surface area contributed by atoms with E-state index in [0.717, 1.165) is 0 Å². The van der Waals surface area contributed by atoms with Crippen LogP contribution in [0.15, 0.2) is 59.8 Å². The van der Waals surface area contributed by atoms with E-state index in [1.165, 1.54) is 9.80 Å². The molecule has 2 aromatic carbocycles. The summed E-state index contributed by atoms with van der Waals surface area (Å²) in [5.74, 6) is 0.978. The molecular formula is C20H17ClN2O3. The van der Waals surface area contributed by atoms with Crippen molar-refractivity contribution in [3.8, 4) is 0 Å². The van der Waals surface area contributed by atoms with Gasteiger partial charge in [0.2, 0.25) is 0 Å². The van der Waals surface area contributed by atoms with Crippen molar-refractivity contribution in [2.75, 3.05) is 23.4 Å². The number of hydrogen-bond acceptors (Lipinski definition) is 4. The highest BCUT2D eigenvalue weighted by Gasteiger charge is 2.35. The van der Waals surface area contributed by atoms with Crippen LogP contribution in [0.5, 0.6) is 0 Å². The Kier molecular flexibility index (Phi) is 4.85. The molecule has 0 aromatic heterocycles. The van der Waals surface area contributed by atoms with Crippen LogP contribution >= 0.6 is 11.6 Å². The van der Waals surface area contributed by atoms with Crippen LogP contribution in [0.2, 0.25) is 5.02 Å². The van der Waals surface area contributed by atoms with Crippen molar-refractivity contribution in [2.45, 2.75) is 6.92 Å². The number of hydrogen-bond donors (Lipinski definition) is 1. The number of carbonyl (C=O) groups excluding carboxylic acids is 2. The van der Waals surface area contributed by atoms with Gasteiger partial charge >= 0.3 is 0 Å². The summed E-state index contributed by atoms with van der Waals surface area (Å²) in [5.41, 5.74) is 1.37. The predicted molar refractivity (Wildman–Crippen MR) is 103 cm³/mol. The molecule has 132 valence electrons. The first-order chi connectivity index (χ1) is 12.5. The van der Waals surface area contributed by atoms with Crippen molar-refractivity contribution in [1.82, 2.24) is 0 Å². The van der Waals surface area contributed by atoms with Gasteiger partial charge in [0.1, 0.15) is 17.0 Å². The highest BCUT2D eigenvalue weighted by atomic mass is 35.5. The summed E-state index contributed by atoms with van der Waals surface area (Å²) in [6, 6.07) is 14.1. The zero-order valence-corrected chi connectivity index (χ0v) is 15.1. The number of para-hydroxylation sites is 1. The van der Waals surface area contributed by atoms with E-state index in [0.29, 0.717) is 28.5 Å². The van der Waals surface area contributed by atoms with Gasteiger partial charge in [-0.05, 0) is 31.2 Å². The molecule has 5 nitrogen and oxygen atoms in total. The molecule has 0 saturated heterocycles. The Bertz CT molecular complexity index is 947. The molecule has 0 aliphatic carbocycles. The summed E-state index contributed by atoms with van der Waals surface area (Å²) >= 11 is 6.24. The third kappa shape index (κ3) is 2.77. The first kappa shape index (κ1) is 17.8. The van der Waals surface area contributed by atoms with Crippen LogP contribution in [0, 0.1) is 0 Å². The Morgan fingerprint density at radius 2 is 1.88 bits per heavy atom. The second-order valence-corrected chi connectivity index (χ2v) is 6.16. The molecule has 1 aliphatic heterocycles. The number of fused-ring (bicyclic) bond motifs is 1. The first-order valence-electron chi connectivity index (χ1n) is 8.09. The number of nitrogens with zero attached hydrogens (tertiary/aromatic N) is 2. The summed E-state index contributed by atoms with van der Waals surface area (Å²) in [5, 5.41) is 11.1. The van der Waals surface area contributed by atoms with Gasteiger partial charge in [-0.3, -0.25) is 4.79 Å². The highest BCUT2D eigenvalue weighted by molar-refractivity contribution is 6.33. The number of halogens is 1. The Hall–Kier alpha value is -3.01. The van der Waals surface area contributed by atoms with Gasteiger partial charge in [-0.25, -0.2) is 4.79 Å². The van der Waals surface area contributed by atoms with E-state index in [-0.39, 0.29) is 17.0 Å². The maximum absolute atomic E-state index is 13.2. The standard InChI is InChI=1S/C20H17ClN2O3/c1-3-23(13-8-5-4-6-9-13)20(26)18-16(12-24)22(2)15-11-7-10-14(21)17(15)19(18)25/h4-11,25H,3H2,1-2H3. The molecule has 0 unspecified atom stereocenters. The maximum Gasteiger partial charge on any atom is 0.264 e. The Morgan fingerprint density at radius 3 is 2.50 bits per heavy atom. The zero-order valence-electron chi connectivity index (χ0n) is 14.4. The third-order valence-corrected chi connectivity index (χ3v) is 4.65. The topological polar surface area (TPSA) is 60.9 Å². The minimum atomic E-state index is -0.494. The van der Waals surface area contributed by atoms with Crippen molar-refractivity contribution in [3.63, 3.8) is 0 Å². The van der Waals surface area contributed by atoms with Gasteiger partial charge in [-0.1, -0.05) is 35.9 Å². The van der Waals surface area contributed by atoms with E-state index in [1.54, 1.807) is 43.3 Å².